The molecule has 0 bridgehead atoms. The van der Waals surface area contributed by atoms with E-state index in [-0.39, 0.29) is 0 Å². The molecule has 3 heteroatoms. The highest BCUT2D eigenvalue weighted by molar-refractivity contribution is 5.13. The molecule has 1 aliphatic heterocycles. The summed E-state index contributed by atoms with van der Waals surface area (Å²) >= 11 is 0. The molecule has 0 amide bonds. The van der Waals surface area contributed by atoms with Crippen molar-refractivity contribution in [3.05, 3.63) is 23.8 Å². The summed E-state index contributed by atoms with van der Waals surface area (Å²) in [6.07, 6.45) is 10.6. The molecule has 0 saturated carbocycles. The Morgan fingerprint density at radius 3 is 2.79 bits per heavy atom. The number of allylic oxidation sites excluding steroid dienone is 2. The lowest BCUT2D eigenvalue weighted by molar-refractivity contribution is 0.102. The second kappa shape index (κ2) is 7.83. The molecule has 1 fully saturated rings. The maximum absolute atomic E-state index is 5.12. The van der Waals surface area contributed by atoms with E-state index in [9.17, 15) is 0 Å². The van der Waals surface area contributed by atoms with Gasteiger partial charge in [0.15, 0.2) is 0 Å². The first-order valence-corrected chi connectivity index (χ1v) is 7.57. The van der Waals surface area contributed by atoms with Crippen molar-refractivity contribution in [2.24, 2.45) is 0 Å². The molecule has 0 aromatic carbocycles. The van der Waals surface area contributed by atoms with Crippen molar-refractivity contribution in [3.8, 4) is 0 Å². The van der Waals surface area contributed by atoms with Gasteiger partial charge in [-0.3, -0.25) is 4.90 Å². The van der Waals surface area contributed by atoms with E-state index >= 15 is 0 Å². The Kier molecular flexibility index (Phi) is 6.08. The summed E-state index contributed by atoms with van der Waals surface area (Å²) in [5.41, 5.74) is 1.51. The van der Waals surface area contributed by atoms with Gasteiger partial charge in [0.05, 0.1) is 0 Å². The number of rotatable bonds is 5. The SMILES string of the molecule is COCCCN1CCN([C@H]2C=CCC(C)=CC2)CC1. The highest BCUT2D eigenvalue weighted by Gasteiger charge is 2.21. The van der Waals surface area contributed by atoms with Crippen LogP contribution in [-0.4, -0.2) is 62.3 Å². The van der Waals surface area contributed by atoms with Gasteiger partial charge in [-0.05, 0) is 26.2 Å². The van der Waals surface area contributed by atoms with Crippen LogP contribution in [0.3, 0.4) is 0 Å². The minimum Gasteiger partial charge on any atom is -0.385 e. The topological polar surface area (TPSA) is 15.7 Å². The number of methoxy groups -OCH3 is 1. The summed E-state index contributed by atoms with van der Waals surface area (Å²) in [5, 5.41) is 0. The van der Waals surface area contributed by atoms with Gasteiger partial charge in [0.25, 0.3) is 0 Å². The summed E-state index contributed by atoms with van der Waals surface area (Å²) < 4.78 is 5.12. The van der Waals surface area contributed by atoms with E-state index in [1.165, 1.54) is 44.7 Å². The third-order valence-corrected chi connectivity index (χ3v) is 4.20. The molecule has 0 radical (unpaired) electrons. The quantitative estimate of drug-likeness (QED) is 0.560. The van der Waals surface area contributed by atoms with Crippen LogP contribution in [0.1, 0.15) is 26.2 Å². The number of nitrogens with zero attached hydrogens (tertiary/aromatic N) is 2. The highest BCUT2D eigenvalue weighted by Crippen LogP contribution is 2.17. The summed E-state index contributed by atoms with van der Waals surface area (Å²) in [4.78, 5) is 5.20. The van der Waals surface area contributed by atoms with Gasteiger partial charge in [0.2, 0.25) is 0 Å². The lowest BCUT2D eigenvalue weighted by atomic mass is 10.1. The van der Waals surface area contributed by atoms with Crippen molar-refractivity contribution in [1.82, 2.24) is 9.80 Å². The van der Waals surface area contributed by atoms with Gasteiger partial charge in [-0.25, -0.2) is 0 Å². The van der Waals surface area contributed by atoms with Gasteiger partial charge in [-0.2, -0.15) is 0 Å². The molecule has 108 valence electrons. The molecule has 0 N–H and O–H groups in total. The van der Waals surface area contributed by atoms with E-state index < -0.39 is 0 Å². The van der Waals surface area contributed by atoms with E-state index in [2.05, 4.69) is 35.0 Å². The van der Waals surface area contributed by atoms with E-state index in [0.29, 0.717) is 6.04 Å². The maximum atomic E-state index is 5.12. The van der Waals surface area contributed by atoms with Crippen LogP contribution < -0.4 is 0 Å². The van der Waals surface area contributed by atoms with Gasteiger partial charge in [0.1, 0.15) is 0 Å². The molecule has 1 heterocycles. The maximum Gasteiger partial charge on any atom is 0.0474 e. The number of hydrogen-bond donors (Lipinski definition) is 0. The van der Waals surface area contributed by atoms with Crippen molar-refractivity contribution in [2.45, 2.75) is 32.2 Å². The third kappa shape index (κ3) is 4.75. The van der Waals surface area contributed by atoms with Gasteiger partial charge >= 0.3 is 0 Å². The van der Waals surface area contributed by atoms with E-state index in [0.717, 1.165) is 19.4 Å². The Morgan fingerprint density at radius 1 is 1.26 bits per heavy atom. The van der Waals surface area contributed by atoms with Crippen molar-refractivity contribution >= 4 is 0 Å². The lowest BCUT2D eigenvalue weighted by Crippen LogP contribution is -2.49. The zero-order valence-electron chi connectivity index (χ0n) is 12.5. The molecule has 1 saturated heterocycles. The van der Waals surface area contributed by atoms with Crippen LogP contribution in [0.5, 0.6) is 0 Å². The molecular formula is C16H28N2O. The van der Waals surface area contributed by atoms with Crippen molar-refractivity contribution in [3.63, 3.8) is 0 Å². The second-order valence-corrected chi connectivity index (χ2v) is 5.71. The summed E-state index contributed by atoms with van der Waals surface area (Å²) in [6, 6.07) is 0.624. The van der Waals surface area contributed by atoms with Crippen LogP contribution in [-0.2, 0) is 4.74 Å². The Hall–Kier alpha value is -0.640. The van der Waals surface area contributed by atoms with Crippen LogP contribution in [0.15, 0.2) is 23.8 Å². The van der Waals surface area contributed by atoms with Crippen molar-refractivity contribution in [2.75, 3.05) is 46.4 Å². The summed E-state index contributed by atoms with van der Waals surface area (Å²) in [6.45, 7) is 9.12. The van der Waals surface area contributed by atoms with Crippen molar-refractivity contribution in [1.29, 1.82) is 0 Å². The van der Waals surface area contributed by atoms with E-state index in [1.807, 2.05) is 0 Å². The molecule has 0 aromatic rings. The zero-order chi connectivity index (χ0) is 13.5. The van der Waals surface area contributed by atoms with Gasteiger partial charge < -0.3 is 9.64 Å². The molecule has 2 aliphatic rings. The average Bonchev–Trinajstić information content (AvgIpc) is 2.65. The van der Waals surface area contributed by atoms with Gasteiger partial charge in [0, 0.05) is 52.5 Å². The van der Waals surface area contributed by atoms with E-state index in [4.69, 9.17) is 4.74 Å². The lowest BCUT2D eigenvalue weighted by Gasteiger charge is -2.38. The van der Waals surface area contributed by atoms with E-state index in [1.54, 1.807) is 7.11 Å². The Morgan fingerprint density at radius 2 is 2.05 bits per heavy atom. The highest BCUT2D eigenvalue weighted by atomic mass is 16.5. The Balaban J connectivity index is 1.73. The molecule has 0 aromatic heterocycles. The predicted octanol–water partition coefficient (Wildman–Crippen LogP) is 2.31. The fourth-order valence-electron chi connectivity index (χ4n) is 2.92. The second-order valence-electron chi connectivity index (χ2n) is 5.71. The smallest absolute Gasteiger partial charge is 0.0474 e. The fourth-order valence-corrected chi connectivity index (χ4v) is 2.92. The molecule has 1 aliphatic carbocycles. The molecule has 0 unspecified atom stereocenters. The van der Waals surface area contributed by atoms with Crippen molar-refractivity contribution < 1.29 is 4.74 Å². The molecular weight excluding hydrogens is 236 g/mol. The molecule has 0 spiro atoms. The molecule has 2 rings (SSSR count). The van der Waals surface area contributed by atoms with Crippen LogP contribution in [0, 0.1) is 0 Å². The number of ether oxygens (including phenoxy) is 1. The summed E-state index contributed by atoms with van der Waals surface area (Å²) in [7, 11) is 1.78. The summed E-state index contributed by atoms with van der Waals surface area (Å²) in [5.74, 6) is 0. The fraction of sp³-hybridized carbons (Fsp3) is 0.750. The van der Waals surface area contributed by atoms with Crippen LogP contribution in [0.4, 0.5) is 0 Å². The van der Waals surface area contributed by atoms with Crippen LogP contribution in [0.25, 0.3) is 0 Å². The first-order valence-electron chi connectivity index (χ1n) is 7.57. The van der Waals surface area contributed by atoms with Crippen LogP contribution in [0.2, 0.25) is 0 Å². The first-order chi connectivity index (χ1) is 9.29. The molecule has 1 atom stereocenters. The predicted molar refractivity (Wildman–Crippen MR) is 80.4 cm³/mol. The normalized spacial score (nSPS) is 26.2. The third-order valence-electron chi connectivity index (χ3n) is 4.20. The standard InChI is InChI=1S/C16H28N2O/c1-15-5-3-6-16(8-7-15)18-12-10-17(11-13-18)9-4-14-19-2/h3,6-7,16H,4-5,8-14H2,1-2H3/t16-/m0/s1. The zero-order valence-corrected chi connectivity index (χ0v) is 12.5. The Labute approximate surface area is 117 Å². The minimum atomic E-state index is 0.624. The first kappa shape index (κ1) is 14.8. The van der Waals surface area contributed by atoms with Crippen LogP contribution >= 0.6 is 0 Å². The van der Waals surface area contributed by atoms with Gasteiger partial charge in [-0.15, -0.1) is 0 Å². The van der Waals surface area contributed by atoms with Gasteiger partial charge in [-0.1, -0.05) is 23.8 Å². The largest absolute Gasteiger partial charge is 0.385 e. The number of hydrogen-bond acceptors (Lipinski definition) is 3. The molecule has 19 heavy (non-hydrogen) atoms. The minimum absolute atomic E-state index is 0.624. The number of piperazine rings is 1. The monoisotopic (exact) mass is 264 g/mol. The molecule has 3 nitrogen and oxygen atoms in total. The Bertz CT molecular complexity index is 317. The average molecular weight is 264 g/mol.